The first-order valence-corrected chi connectivity index (χ1v) is 9.67. The maximum atomic E-state index is 13.0. The summed E-state index contributed by atoms with van der Waals surface area (Å²) in [6, 6.07) is 7.51. The number of ether oxygens (including phenoxy) is 2. The summed E-state index contributed by atoms with van der Waals surface area (Å²) in [7, 11) is 1.66. The van der Waals surface area contributed by atoms with E-state index in [1.165, 1.54) is 0 Å². The first-order valence-electron chi connectivity index (χ1n) is 9.29. The van der Waals surface area contributed by atoms with Gasteiger partial charge in [0.15, 0.2) is 0 Å². The summed E-state index contributed by atoms with van der Waals surface area (Å²) < 4.78 is 11.4. The fourth-order valence-electron chi connectivity index (χ4n) is 3.65. The van der Waals surface area contributed by atoms with E-state index >= 15 is 0 Å². The summed E-state index contributed by atoms with van der Waals surface area (Å²) >= 11 is 6.10. The fourth-order valence-corrected chi connectivity index (χ4v) is 3.84. The Morgan fingerprint density at radius 3 is 2.39 bits per heavy atom. The quantitative estimate of drug-likeness (QED) is 0.716. The van der Waals surface area contributed by atoms with Gasteiger partial charge in [-0.2, -0.15) is 0 Å². The van der Waals surface area contributed by atoms with Gasteiger partial charge in [0.2, 0.25) is 0 Å². The molecule has 0 atom stereocenters. The molecular weight excluding hydrogens is 425 g/mol. The van der Waals surface area contributed by atoms with Crippen molar-refractivity contribution in [3.8, 4) is 5.75 Å². The van der Waals surface area contributed by atoms with Crippen molar-refractivity contribution in [2.75, 3.05) is 59.5 Å². The van der Waals surface area contributed by atoms with Gasteiger partial charge in [0, 0.05) is 39.8 Å². The standard InChI is InChI=1S/C19H28ClN3O3.2ClH/c1-25-19(6-8-21-9-7-19)18(24)23-12-10-22(11-13-23)14-15-26-17-5-3-2-4-16(17)20;;/h2-5,21H,6-15H2,1H3;2*1H. The van der Waals surface area contributed by atoms with Gasteiger partial charge in [-0.25, -0.2) is 0 Å². The Bertz CT molecular complexity index is 607. The number of nitrogens with zero attached hydrogens (tertiary/aromatic N) is 2. The minimum atomic E-state index is -0.638. The predicted molar refractivity (Wildman–Crippen MR) is 116 cm³/mol. The molecule has 0 bridgehead atoms. The number of para-hydroxylation sites is 1. The Kier molecular flexibility index (Phi) is 10.9. The van der Waals surface area contributed by atoms with Crippen molar-refractivity contribution in [1.82, 2.24) is 15.1 Å². The molecule has 160 valence electrons. The van der Waals surface area contributed by atoms with Crippen LogP contribution in [0.3, 0.4) is 0 Å². The van der Waals surface area contributed by atoms with Gasteiger partial charge in [-0.3, -0.25) is 9.69 Å². The lowest BCUT2D eigenvalue weighted by Gasteiger charge is -2.42. The van der Waals surface area contributed by atoms with Gasteiger partial charge in [0.05, 0.1) is 5.02 Å². The molecule has 1 aromatic rings. The Balaban J connectivity index is 0.00000196. The summed E-state index contributed by atoms with van der Waals surface area (Å²) in [6.07, 6.45) is 1.49. The Hall–Kier alpha value is -0.760. The number of piperidine rings is 1. The number of methoxy groups -OCH3 is 1. The van der Waals surface area contributed by atoms with Crippen molar-refractivity contribution >= 4 is 42.3 Å². The molecule has 3 rings (SSSR count). The molecule has 0 radical (unpaired) electrons. The third-order valence-electron chi connectivity index (χ3n) is 5.35. The molecule has 0 aromatic heterocycles. The first-order chi connectivity index (χ1) is 12.6. The van der Waals surface area contributed by atoms with Crippen molar-refractivity contribution in [3.05, 3.63) is 29.3 Å². The normalized spacial score (nSPS) is 19.3. The van der Waals surface area contributed by atoms with Crippen LogP contribution in [0.25, 0.3) is 0 Å². The molecule has 9 heteroatoms. The second-order valence-electron chi connectivity index (χ2n) is 6.86. The van der Waals surface area contributed by atoms with Gasteiger partial charge in [-0.15, -0.1) is 24.8 Å². The summed E-state index contributed by atoms with van der Waals surface area (Å²) in [4.78, 5) is 17.2. The van der Waals surface area contributed by atoms with Crippen LogP contribution in [0, 0.1) is 0 Å². The molecule has 0 saturated carbocycles. The molecule has 1 aromatic carbocycles. The van der Waals surface area contributed by atoms with Crippen LogP contribution < -0.4 is 10.1 Å². The van der Waals surface area contributed by atoms with Crippen LogP contribution in [-0.2, 0) is 9.53 Å². The number of hydrogen-bond donors (Lipinski definition) is 1. The average Bonchev–Trinajstić information content (AvgIpc) is 2.70. The van der Waals surface area contributed by atoms with Crippen LogP contribution in [0.5, 0.6) is 5.75 Å². The van der Waals surface area contributed by atoms with Crippen molar-refractivity contribution in [3.63, 3.8) is 0 Å². The lowest BCUT2D eigenvalue weighted by Crippen LogP contribution is -2.59. The molecule has 1 N–H and O–H groups in total. The molecule has 6 nitrogen and oxygen atoms in total. The number of nitrogens with one attached hydrogen (secondary N) is 1. The van der Waals surface area contributed by atoms with Gasteiger partial charge < -0.3 is 19.7 Å². The minimum absolute atomic E-state index is 0. The van der Waals surface area contributed by atoms with Crippen LogP contribution in [0.15, 0.2) is 24.3 Å². The molecule has 2 fully saturated rings. The van der Waals surface area contributed by atoms with Gasteiger partial charge >= 0.3 is 0 Å². The number of carbonyl (C=O) groups excluding carboxylic acids is 1. The Morgan fingerprint density at radius 2 is 1.79 bits per heavy atom. The lowest BCUT2D eigenvalue weighted by molar-refractivity contribution is -0.160. The van der Waals surface area contributed by atoms with Crippen LogP contribution in [-0.4, -0.2) is 80.8 Å². The molecule has 2 heterocycles. The van der Waals surface area contributed by atoms with E-state index in [1.54, 1.807) is 7.11 Å². The Labute approximate surface area is 184 Å². The number of benzene rings is 1. The molecular formula is C19H30Cl3N3O3. The van der Waals surface area contributed by atoms with Crippen molar-refractivity contribution in [2.24, 2.45) is 0 Å². The highest BCUT2D eigenvalue weighted by Crippen LogP contribution is 2.26. The Morgan fingerprint density at radius 1 is 1.14 bits per heavy atom. The van der Waals surface area contributed by atoms with E-state index in [2.05, 4.69) is 10.2 Å². The zero-order valence-electron chi connectivity index (χ0n) is 16.2. The number of rotatable bonds is 6. The second kappa shape index (κ2) is 12.1. The number of amides is 1. The van der Waals surface area contributed by atoms with E-state index < -0.39 is 5.60 Å². The van der Waals surface area contributed by atoms with Gasteiger partial charge in [-0.1, -0.05) is 23.7 Å². The zero-order valence-corrected chi connectivity index (χ0v) is 18.6. The van der Waals surface area contributed by atoms with Crippen LogP contribution >= 0.6 is 36.4 Å². The van der Waals surface area contributed by atoms with E-state index in [9.17, 15) is 4.79 Å². The van der Waals surface area contributed by atoms with Crippen molar-refractivity contribution in [1.29, 1.82) is 0 Å². The molecule has 2 saturated heterocycles. The molecule has 0 unspecified atom stereocenters. The number of piperazine rings is 1. The number of carbonyl (C=O) groups is 1. The van der Waals surface area contributed by atoms with E-state index in [-0.39, 0.29) is 30.7 Å². The van der Waals surface area contributed by atoms with Crippen molar-refractivity contribution in [2.45, 2.75) is 18.4 Å². The van der Waals surface area contributed by atoms with Crippen molar-refractivity contribution < 1.29 is 14.3 Å². The third kappa shape index (κ3) is 6.12. The highest BCUT2D eigenvalue weighted by atomic mass is 35.5. The molecule has 28 heavy (non-hydrogen) atoms. The summed E-state index contributed by atoms with van der Waals surface area (Å²) in [5.74, 6) is 0.865. The predicted octanol–water partition coefficient (Wildman–Crippen LogP) is 2.48. The first kappa shape index (κ1) is 25.3. The molecule has 2 aliphatic rings. The van der Waals surface area contributed by atoms with E-state index in [1.807, 2.05) is 29.2 Å². The summed E-state index contributed by atoms with van der Waals surface area (Å²) in [6.45, 7) is 6.27. The van der Waals surface area contributed by atoms with E-state index in [4.69, 9.17) is 21.1 Å². The minimum Gasteiger partial charge on any atom is -0.491 e. The van der Waals surface area contributed by atoms with Gasteiger partial charge in [0.1, 0.15) is 18.0 Å². The highest BCUT2D eigenvalue weighted by Gasteiger charge is 2.42. The molecule has 2 aliphatic heterocycles. The lowest BCUT2D eigenvalue weighted by atomic mass is 9.90. The summed E-state index contributed by atoms with van der Waals surface area (Å²) in [5.41, 5.74) is -0.638. The molecule has 0 spiro atoms. The van der Waals surface area contributed by atoms with E-state index in [0.717, 1.165) is 64.4 Å². The zero-order chi connectivity index (χ0) is 18.4. The monoisotopic (exact) mass is 453 g/mol. The maximum Gasteiger partial charge on any atom is 0.254 e. The highest BCUT2D eigenvalue weighted by molar-refractivity contribution is 6.32. The van der Waals surface area contributed by atoms with Gasteiger partial charge in [-0.05, 0) is 38.1 Å². The average molecular weight is 455 g/mol. The van der Waals surface area contributed by atoms with E-state index in [0.29, 0.717) is 11.6 Å². The number of halogens is 3. The third-order valence-corrected chi connectivity index (χ3v) is 5.67. The maximum absolute atomic E-state index is 13.0. The van der Waals surface area contributed by atoms with Crippen LogP contribution in [0.4, 0.5) is 0 Å². The topological polar surface area (TPSA) is 54.0 Å². The SMILES string of the molecule is COC1(C(=O)N2CCN(CCOc3ccccc3Cl)CC2)CCNCC1.Cl.Cl. The smallest absolute Gasteiger partial charge is 0.254 e. The van der Waals surface area contributed by atoms with Crippen LogP contribution in [0.2, 0.25) is 5.02 Å². The largest absolute Gasteiger partial charge is 0.491 e. The summed E-state index contributed by atoms with van der Waals surface area (Å²) in [5, 5.41) is 3.93. The fraction of sp³-hybridized carbons (Fsp3) is 0.632. The van der Waals surface area contributed by atoms with Gasteiger partial charge in [0.25, 0.3) is 5.91 Å². The van der Waals surface area contributed by atoms with Crippen LogP contribution in [0.1, 0.15) is 12.8 Å². The number of hydrogen-bond acceptors (Lipinski definition) is 5. The molecule has 0 aliphatic carbocycles. The second-order valence-corrected chi connectivity index (χ2v) is 7.27. The molecule has 1 amide bonds.